The fourth-order valence-electron chi connectivity index (χ4n) is 8.32. The van der Waals surface area contributed by atoms with Crippen LogP contribution in [0.3, 0.4) is 0 Å². The SMILES string of the molecule is COC(=O)C1CC(O)CN1C(=O)CON=C1C=C2CCC3C(CCC4(C)C(O)CCC34)C2(C)CC1. The molecule has 4 fully saturated rings. The van der Waals surface area contributed by atoms with Gasteiger partial charge in [0.2, 0.25) is 0 Å². The monoisotopic (exact) mass is 488 g/mol. The highest BCUT2D eigenvalue weighted by Gasteiger charge is 2.58. The number of ether oxygens (including phenoxy) is 1. The topological polar surface area (TPSA) is 109 Å². The Morgan fingerprint density at radius 1 is 1.11 bits per heavy atom. The summed E-state index contributed by atoms with van der Waals surface area (Å²) in [5, 5.41) is 24.8. The normalized spacial score (nSPS) is 43.7. The van der Waals surface area contributed by atoms with Crippen molar-refractivity contribution in [3.8, 4) is 0 Å². The van der Waals surface area contributed by atoms with Crippen molar-refractivity contribution in [1.29, 1.82) is 0 Å². The van der Waals surface area contributed by atoms with E-state index in [1.165, 1.54) is 30.4 Å². The summed E-state index contributed by atoms with van der Waals surface area (Å²) in [5.74, 6) is 1.09. The molecule has 0 aromatic carbocycles. The molecule has 0 aromatic heterocycles. The first-order valence-corrected chi connectivity index (χ1v) is 13.3. The minimum Gasteiger partial charge on any atom is -0.467 e. The Kier molecular flexibility index (Phi) is 6.49. The van der Waals surface area contributed by atoms with Crippen LogP contribution in [0.4, 0.5) is 0 Å². The van der Waals surface area contributed by atoms with Crippen LogP contribution in [0.5, 0.6) is 0 Å². The number of nitrogens with zero attached hydrogens (tertiary/aromatic N) is 2. The van der Waals surface area contributed by atoms with Gasteiger partial charge in [-0.3, -0.25) is 4.79 Å². The van der Waals surface area contributed by atoms with Crippen molar-refractivity contribution in [2.45, 2.75) is 89.9 Å². The average molecular weight is 489 g/mol. The number of allylic oxidation sites excluding steroid dienone is 2. The van der Waals surface area contributed by atoms with Crippen LogP contribution in [0.1, 0.15) is 71.6 Å². The molecule has 4 aliphatic carbocycles. The van der Waals surface area contributed by atoms with Gasteiger partial charge >= 0.3 is 5.97 Å². The molecule has 8 unspecified atom stereocenters. The van der Waals surface area contributed by atoms with E-state index in [9.17, 15) is 19.8 Å². The molecule has 2 N–H and O–H groups in total. The summed E-state index contributed by atoms with van der Waals surface area (Å²) >= 11 is 0. The number of β-amino-alcohol motifs (C(OH)–C–C–N with tert-alkyl or cyclic N) is 1. The molecule has 1 amide bonds. The van der Waals surface area contributed by atoms with Crippen LogP contribution in [0, 0.1) is 28.6 Å². The van der Waals surface area contributed by atoms with Gasteiger partial charge in [0.25, 0.3) is 5.91 Å². The second kappa shape index (κ2) is 9.18. The smallest absolute Gasteiger partial charge is 0.328 e. The predicted octanol–water partition coefficient (Wildman–Crippen LogP) is 2.82. The van der Waals surface area contributed by atoms with Crippen molar-refractivity contribution in [3.05, 3.63) is 11.6 Å². The van der Waals surface area contributed by atoms with Gasteiger partial charge < -0.3 is 24.7 Å². The lowest BCUT2D eigenvalue weighted by Gasteiger charge is -2.57. The number of aliphatic hydroxyl groups excluding tert-OH is 2. The van der Waals surface area contributed by atoms with E-state index < -0.39 is 18.1 Å². The number of aliphatic hydroxyl groups is 2. The number of carbonyl (C=O) groups is 2. The van der Waals surface area contributed by atoms with E-state index in [2.05, 4.69) is 25.1 Å². The maximum Gasteiger partial charge on any atom is 0.328 e. The summed E-state index contributed by atoms with van der Waals surface area (Å²) in [4.78, 5) is 31.3. The van der Waals surface area contributed by atoms with E-state index in [0.717, 1.165) is 44.2 Å². The summed E-state index contributed by atoms with van der Waals surface area (Å²) in [7, 11) is 1.28. The van der Waals surface area contributed by atoms with Gasteiger partial charge in [0.05, 0.1) is 25.0 Å². The fourth-order valence-corrected chi connectivity index (χ4v) is 8.32. The summed E-state index contributed by atoms with van der Waals surface area (Å²) in [6.45, 7) is 4.58. The van der Waals surface area contributed by atoms with Gasteiger partial charge in [0.1, 0.15) is 6.04 Å². The molecule has 5 aliphatic rings. The van der Waals surface area contributed by atoms with Crippen LogP contribution < -0.4 is 0 Å². The number of oxime groups is 1. The van der Waals surface area contributed by atoms with Crippen molar-refractivity contribution in [3.63, 3.8) is 0 Å². The lowest BCUT2D eigenvalue weighted by Crippen LogP contribution is -2.51. The number of hydrogen-bond donors (Lipinski definition) is 2. The average Bonchev–Trinajstić information content (AvgIpc) is 3.38. The minimum atomic E-state index is -0.773. The first-order valence-electron chi connectivity index (χ1n) is 13.3. The van der Waals surface area contributed by atoms with Crippen LogP contribution in [0.2, 0.25) is 0 Å². The number of esters is 1. The first kappa shape index (κ1) is 24.8. The van der Waals surface area contributed by atoms with Gasteiger partial charge in [-0.25, -0.2) is 4.79 Å². The van der Waals surface area contributed by atoms with Crippen LogP contribution in [-0.2, 0) is 19.2 Å². The molecular formula is C27H40N2O6. The molecule has 3 saturated carbocycles. The van der Waals surface area contributed by atoms with Crippen LogP contribution >= 0.6 is 0 Å². The molecule has 8 atom stereocenters. The van der Waals surface area contributed by atoms with E-state index in [0.29, 0.717) is 17.8 Å². The molecule has 8 heteroatoms. The van der Waals surface area contributed by atoms with Crippen molar-refractivity contribution in [2.75, 3.05) is 20.3 Å². The third kappa shape index (κ3) is 4.10. The Morgan fingerprint density at radius 2 is 1.91 bits per heavy atom. The molecule has 1 saturated heterocycles. The fraction of sp³-hybridized carbons (Fsp3) is 0.815. The second-order valence-electron chi connectivity index (χ2n) is 12.0. The molecule has 1 heterocycles. The Balaban J connectivity index is 1.23. The minimum absolute atomic E-state index is 0.0959. The van der Waals surface area contributed by atoms with Crippen LogP contribution in [-0.4, -0.2) is 71.2 Å². The van der Waals surface area contributed by atoms with Crippen molar-refractivity contribution in [2.24, 2.45) is 33.7 Å². The van der Waals surface area contributed by atoms with E-state index in [4.69, 9.17) is 9.57 Å². The molecule has 5 rings (SSSR count). The van der Waals surface area contributed by atoms with Gasteiger partial charge in [0, 0.05) is 13.0 Å². The molecule has 0 spiro atoms. The van der Waals surface area contributed by atoms with Crippen LogP contribution in [0.15, 0.2) is 16.8 Å². The molecule has 35 heavy (non-hydrogen) atoms. The molecule has 194 valence electrons. The Bertz CT molecular complexity index is 933. The van der Waals surface area contributed by atoms with Crippen LogP contribution in [0.25, 0.3) is 0 Å². The maximum atomic E-state index is 12.6. The summed E-state index contributed by atoms with van der Waals surface area (Å²) in [5.41, 5.74) is 2.59. The van der Waals surface area contributed by atoms with E-state index in [1.807, 2.05) is 0 Å². The number of carbonyl (C=O) groups excluding carboxylic acids is 2. The number of amides is 1. The lowest BCUT2D eigenvalue weighted by molar-refractivity contribution is -0.152. The molecule has 8 nitrogen and oxygen atoms in total. The van der Waals surface area contributed by atoms with Gasteiger partial charge in [-0.1, -0.05) is 24.6 Å². The second-order valence-corrected chi connectivity index (χ2v) is 12.0. The molecule has 0 aromatic rings. The zero-order valence-corrected chi connectivity index (χ0v) is 21.2. The van der Waals surface area contributed by atoms with Gasteiger partial charge in [-0.05, 0) is 86.0 Å². The first-order chi connectivity index (χ1) is 16.7. The summed E-state index contributed by atoms with van der Waals surface area (Å²) < 4.78 is 4.76. The lowest BCUT2D eigenvalue weighted by atomic mass is 9.47. The number of likely N-dealkylation sites (tertiary alicyclic amines) is 1. The number of rotatable bonds is 4. The predicted molar refractivity (Wildman–Crippen MR) is 129 cm³/mol. The Labute approximate surface area is 207 Å². The van der Waals surface area contributed by atoms with Crippen molar-refractivity contribution < 1.29 is 29.4 Å². The van der Waals surface area contributed by atoms with Gasteiger partial charge in [0.15, 0.2) is 6.61 Å². The highest BCUT2D eigenvalue weighted by molar-refractivity contribution is 5.96. The molecule has 0 bridgehead atoms. The Hall–Kier alpha value is -1.93. The zero-order valence-electron chi connectivity index (χ0n) is 21.2. The Morgan fingerprint density at radius 3 is 2.69 bits per heavy atom. The largest absolute Gasteiger partial charge is 0.467 e. The highest BCUT2D eigenvalue weighted by atomic mass is 16.6. The van der Waals surface area contributed by atoms with E-state index >= 15 is 0 Å². The quantitative estimate of drug-likeness (QED) is 0.465. The highest BCUT2D eigenvalue weighted by Crippen LogP contribution is 2.65. The van der Waals surface area contributed by atoms with E-state index in [1.54, 1.807) is 0 Å². The number of methoxy groups -OCH3 is 1. The molecule has 1 aliphatic heterocycles. The van der Waals surface area contributed by atoms with Crippen molar-refractivity contribution >= 4 is 17.6 Å². The maximum absolute atomic E-state index is 12.6. The van der Waals surface area contributed by atoms with Crippen molar-refractivity contribution in [1.82, 2.24) is 4.90 Å². The van der Waals surface area contributed by atoms with E-state index in [-0.39, 0.29) is 42.4 Å². The summed E-state index contributed by atoms with van der Waals surface area (Å²) in [6, 6.07) is -0.773. The number of hydrogen-bond acceptors (Lipinski definition) is 7. The summed E-state index contributed by atoms with van der Waals surface area (Å²) in [6.07, 6.45) is 9.99. The molecular weight excluding hydrogens is 448 g/mol. The van der Waals surface area contributed by atoms with Gasteiger partial charge in [-0.15, -0.1) is 0 Å². The standard InChI is InChI=1S/C27H40N2O6/c1-26-10-8-17(28-35-15-24(32)29-14-18(30)13-22(29)25(33)34-3)12-16(26)4-5-19-20-6-7-23(31)27(20,2)11-9-21(19)26/h12,18-23,30-31H,4-11,13-15H2,1-3H3. The third-order valence-electron chi connectivity index (χ3n) is 10.4. The third-order valence-corrected chi connectivity index (χ3v) is 10.4. The van der Waals surface area contributed by atoms with Gasteiger partial charge in [-0.2, -0.15) is 0 Å². The molecule has 0 radical (unpaired) electrons. The number of fused-ring (bicyclic) bond motifs is 5. The zero-order chi connectivity index (χ0) is 25.0.